The quantitative estimate of drug-likeness (QED) is 0.645. The molecule has 0 radical (unpaired) electrons. The van der Waals surface area contributed by atoms with Crippen molar-refractivity contribution in [2.24, 2.45) is 0 Å². The number of methoxy groups -OCH3 is 1. The number of anilines is 1. The van der Waals surface area contributed by atoms with Crippen LogP contribution in [-0.4, -0.2) is 32.2 Å². The van der Waals surface area contributed by atoms with Crippen LogP contribution in [-0.2, 0) is 11.3 Å². The minimum absolute atomic E-state index is 0.801. The summed E-state index contributed by atoms with van der Waals surface area (Å²) in [6.45, 7) is 2.75. The van der Waals surface area contributed by atoms with Crippen molar-refractivity contribution in [2.45, 2.75) is 13.0 Å². The molecule has 0 unspecified atom stereocenters. The topological polar surface area (TPSA) is 38.5 Å². The first-order valence-electron chi connectivity index (χ1n) is 5.34. The van der Waals surface area contributed by atoms with Gasteiger partial charge in [-0.2, -0.15) is 0 Å². The fraction of sp³-hybridized carbons (Fsp3) is 0.500. The van der Waals surface area contributed by atoms with Crippen molar-refractivity contribution in [3.63, 3.8) is 0 Å². The molecular weight excluding hydrogens is 268 g/mol. The van der Waals surface area contributed by atoms with Gasteiger partial charge in [-0.3, -0.25) is 0 Å². The highest BCUT2D eigenvalue weighted by molar-refractivity contribution is 9.10. The SMILES string of the molecule is COCCCN(C)Cc1cc(N)cc(Br)c1. The highest BCUT2D eigenvalue weighted by atomic mass is 79.9. The third-order valence-corrected chi connectivity index (χ3v) is 2.78. The van der Waals surface area contributed by atoms with Crippen LogP contribution in [0.3, 0.4) is 0 Å². The van der Waals surface area contributed by atoms with E-state index in [1.54, 1.807) is 7.11 Å². The lowest BCUT2D eigenvalue weighted by molar-refractivity contribution is 0.178. The van der Waals surface area contributed by atoms with Crippen molar-refractivity contribution >= 4 is 21.6 Å². The summed E-state index contributed by atoms with van der Waals surface area (Å²) in [4.78, 5) is 2.26. The Bertz CT molecular complexity index is 311. The number of benzene rings is 1. The van der Waals surface area contributed by atoms with Gasteiger partial charge in [0.2, 0.25) is 0 Å². The average Bonchev–Trinajstić information content (AvgIpc) is 2.16. The molecule has 0 aliphatic carbocycles. The fourth-order valence-corrected chi connectivity index (χ4v) is 2.19. The Kier molecular flexibility index (Phi) is 5.80. The van der Waals surface area contributed by atoms with Crippen molar-refractivity contribution in [3.05, 3.63) is 28.2 Å². The number of hydrogen-bond donors (Lipinski definition) is 1. The third kappa shape index (κ3) is 4.96. The zero-order chi connectivity index (χ0) is 12.0. The van der Waals surface area contributed by atoms with Crippen LogP contribution in [0.5, 0.6) is 0 Å². The first kappa shape index (κ1) is 13.5. The molecule has 0 aliphatic heterocycles. The Balaban J connectivity index is 2.45. The molecule has 0 aliphatic rings. The second kappa shape index (κ2) is 6.89. The highest BCUT2D eigenvalue weighted by Gasteiger charge is 2.02. The Hall–Kier alpha value is -0.580. The van der Waals surface area contributed by atoms with Crippen molar-refractivity contribution in [1.29, 1.82) is 0 Å². The molecule has 0 aromatic heterocycles. The van der Waals surface area contributed by atoms with Gasteiger partial charge < -0.3 is 15.4 Å². The molecular formula is C12H19BrN2O. The number of rotatable bonds is 6. The van der Waals surface area contributed by atoms with Crippen LogP contribution in [0.4, 0.5) is 5.69 Å². The second-order valence-electron chi connectivity index (χ2n) is 3.98. The van der Waals surface area contributed by atoms with Crippen molar-refractivity contribution in [2.75, 3.05) is 33.0 Å². The van der Waals surface area contributed by atoms with Gasteiger partial charge in [-0.05, 0) is 37.2 Å². The standard InChI is InChI=1S/C12H19BrN2O/c1-15(4-3-5-16-2)9-10-6-11(13)8-12(14)7-10/h6-8H,3-5,9,14H2,1-2H3. The summed E-state index contributed by atoms with van der Waals surface area (Å²) in [5.41, 5.74) is 7.82. The zero-order valence-corrected chi connectivity index (χ0v) is 11.5. The van der Waals surface area contributed by atoms with Gasteiger partial charge in [0, 0.05) is 37.0 Å². The molecule has 16 heavy (non-hydrogen) atoms. The lowest BCUT2D eigenvalue weighted by Gasteiger charge is -2.16. The van der Waals surface area contributed by atoms with Gasteiger partial charge >= 0.3 is 0 Å². The van der Waals surface area contributed by atoms with Gasteiger partial charge in [0.25, 0.3) is 0 Å². The maximum atomic E-state index is 5.79. The molecule has 0 amide bonds. The van der Waals surface area contributed by atoms with E-state index in [4.69, 9.17) is 10.5 Å². The number of nitrogens with zero attached hydrogens (tertiary/aromatic N) is 1. The molecule has 0 saturated carbocycles. The molecule has 2 N–H and O–H groups in total. The van der Waals surface area contributed by atoms with Crippen molar-refractivity contribution in [1.82, 2.24) is 4.90 Å². The first-order chi connectivity index (χ1) is 7.61. The highest BCUT2D eigenvalue weighted by Crippen LogP contribution is 2.18. The largest absolute Gasteiger partial charge is 0.399 e. The van der Waals surface area contributed by atoms with Crippen molar-refractivity contribution in [3.8, 4) is 0 Å². The summed E-state index contributed by atoms with van der Waals surface area (Å²) < 4.78 is 6.06. The maximum absolute atomic E-state index is 5.79. The smallest absolute Gasteiger partial charge is 0.0474 e. The Morgan fingerprint density at radius 2 is 2.12 bits per heavy atom. The summed E-state index contributed by atoms with van der Waals surface area (Å²) in [5.74, 6) is 0. The summed E-state index contributed by atoms with van der Waals surface area (Å²) in [6.07, 6.45) is 1.05. The predicted octanol–water partition coefficient (Wildman–Crippen LogP) is 2.50. The second-order valence-corrected chi connectivity index (χ2v) is 4.89. The van der Waals surface area contributed by atoms with Crippen LogP contribution < -0.4 is 5.73 Å². The van der Waals surface area contributed by atoms with E-state index in [0.717, 1.165) is 36.3 Å². The summed E-state index contributed by atoms with van der Waals surface area (Å²) in [7, 11) is 3.84. The van der Waals surface area contributed by atoms with E-state index >= 15 is 0 Å². The van der Waals surface area contributed by atoms with Crippen molar-refractivity contribution < 1.29 is 4.74 Å². The zero-order valence-electron chi connectivity index (χ0n) is 9.87. The molecule has 1 aromatic carbocycles. The average molecular weight is 287 g/mol. The van der Waals surface area contributed by atoms with E-state index in [0.29, 0.717) is 0 Å². The molecule has 0 fully saturated rings. The van der Waals surface area contributed by atoms with Crippen LogP contribution in [0.2, 0.25) is 0 Å². The minimum atomic E-state index is 0.801. The van der Waals surface area contributed by atoms with Gasteiger partial charge in [-0.1, -0.05) is 15.9 Å². The molecule has 4 heteroatoms. The monoisotopic (exact) mass is 286 g/mol. The Morgan fingerprint density at radius 3 is 2.75 bits per heavy atom. The number of nitrogen functional groups attached to an aromatic ring is 1. The molecule has 0 heterocycles. The number of halogens is 1. The van der Waals surface area contributed by atoms with E-state index < -0.39 is 0 Å². The summed E-state index contributed by atoms with van der Waals surface area (Å²) in [6, 6.07) is 6.02. The lowest BCUT2D eigenvalue weighted by Crippen LogP contribution is -2.20. The van der Waals surface area contributed by atoms with Gasteiger partial charge in [0.1, 0.15) is 0 Å². The Labute approximate surface area is 106 Å². The number of ether oxygens (including phenoxy) is 1. The van der Waals surface area contributed by atoms with Crippen LogP contribution in [0.25, 0.3) is 0 Å². The molecule has 1 aromatic rings. The van der Waals surface area contributed by atoms with Gasteiger partial charge in [0.15, 0.2) is 0 Å². The summed E-state index contributed by atoms with van der Waals surface area (Å²) >= 11 is 3.45. The van der Waals surface area contributed by atoms with E-state index in [1.165, 1.54) is 5.56 Å². The Morgan fingerprint density at radius 1 is 1.38 bits per heavy atom. The predicted molar refractivity (Wildman–Crippen MR) is 71.4 cm³/mol. The van der Waals surface area contributed by atoms with E-state index in [1.807, 2.05) is 12.1 Å². The molecule has 0 saturated heterocycles. The molecule has 0 bridgehead atoms. The normalized spacial score (nSPS) is 11.0. The molecule has 90 valence electrons. The lowest BCUT2D eigenvalue weighted by atomic mass is 10.2. The van der Waals surface area contributed by atoms with Crippen LogP contribution >= 0.6 is 15.9 Å². The maximum Gasteiger partial charge on any atom is 0.0474 e. The van der Waals surface area contributed by atoms with Gasteiger partial charge in [0.05, 0.1) is 0 Å². The van der Waals surface area contributed by atoms with Gasteiger partial charge in [-0.25, -0.2) is 0 Å². The van der Waals surface area contributed by atoms with Crippen LogP contribution in [0.1, 0.15) is 12.0 Å². The molecule has 1 rings (SSSR count). The van der Waals surface area contributed by atoms with Crippen LogP contribution in [0.15, 0.2) is 22.7 Å². The molecule has 0 spiro atoms. The molecule has 0 atom stereocenters. The fourth-order valence-electron chi connectivity index (χ4n) is 1.64. The van der Waals surface area contributed by atoms with E-state index in [-0.39, 0.29) is 0 Å². The van der Waals surface area contributed by atoms with E-state index in [2.05, 4.69) is 33.9 Å². The minimum Gasteiger partial charge on any atom is -0.399 e. The third-order valence-electron chi connectivity index (χ3n) is 2.32. The van der Waals surface area contributed by atoms with Crippen LogP contribution in [0, 0.1) is 0 Å². The first-order valence-corrected chi connectivity index (χ1v) is 6.13. The number of nitrogens with two attached hydrogens (primary N) is 1. The van der Waals surface area contributed by atoms with E-state index in [9.17, 15) is 0 Å². The number of hydrogen-bond acceptors (Lipinski definition) is 3. The van der Waals surface area contributed by atoms with Gasteiger partial charge in [-0.15, -0.1) is 0 Å². The summed E-state index contributed by atoms with van der Waals surface area (Å²) in [5, 5.41) is 0. The molecule has 3 nitrogen and oxygen atoms in total.